The minimum atomic E-state index is -3.88. The molecule has 0 aliphatic carbocycles. The van der Waals surface area contributed by atoms with Crippen LogP contribution in [0.1, 0.15) is 11.1 Å². The predicted molar refractivity (Wildman–Crippen MR) is 165 cm³/mol. The summed E-state index contributed by atoms with van der Waals surface area (Å²) < 4.78 is 32.7. The molecule has 0 saturated carbocycles. The number of carbonyl (C=O) groups is 2. The number of hydrogen-bond acceptors (Lipinski definition) is 5. The monoisotopic (exact) mass is 605 g/mol. The normalized spacial score (nSPS) is 11.8. The summed E-state index contributed by atoms with van der Waals surface area (Å²) in [5.41, 5.74) is 1.84. The highest BCUT2D eigenvalue weighted by Crippen LogP contribution is 2.26. The molecule has 4 aromatic carbocycles. The van der Waals surface area contributed by atoms with E-state index in [9.17, 15) is 18.0 Å². The molecule has 0 saturated heterocycles. The molecule has 0 aliphatic rings. The molecule has 1 atom stereocenters. The number of ether oxygens (including phenoxy) is 1. The summed E-state index contributed by atoms with van der Waals surface area (Å²) >= 11 is 6.21. The van der Waals surface area contributed by atoms with E-state index in [1.165, 1.54) is 11.9 Å². The molecular formula is C32H32ClN3O5S. The molecule has 0 bridgehead atoms. The maximum atomic E-state index is 14.0. The highest BCUT2D eigenvalue weighted by atomic mass is 35.5. The fourth-order valence-corrected chi connectivity index (χ4v) is 5.53. The van der Waals surface area contributed by atoms with E-state index in [1.54, 1.807) is 48.5 Å². The standard InChI is InChI=1S/C32H32ClN3O5S/c1-34-32(38)30(21-24-10-5-3-6-11-24)35(22-25-12-9-13-26(33)20-25)31(37)23-36(42(2,39)40)27-16-18-29(19-17-27)41-28-14-7-4-8-15-28/h3-20,30H,21-23H2,1-2H3,(H,34,38)/t30-/m0/s1. The Morgan fingerprint density at radius 1 is 0.833 bits per heavy atom. The van der Waals surface area contributed by atoms with Crippen LogP contribution in [0.2, 0.25) is 5.02 Å². The van der Waals surface area contributed by atoms with E-state index in [2.05, 4.69) is 5.32 Å². The van der Waals surface area contributed by atoms with Gasteiger partial charge in [0.1, 0.15) is 24.1 Å². The molecule has 0 fully saturated rings. The number of hydrogen-bond donors (Lipinski definition) is 1. The zero-order chi connectivity index (χ0) is 30.1. The first kappa shape index (κ1) is 30.6. The van der Waals surface area contributed by atoms with Crippen LogP contribution in [0.25, 0.3) is 0 Å². The van der Waals surface area contributed by atoms with Crippen LogP contribution in [0.4, 0.5) is 5.69 Å². The van der Waals surface area contributed by atoms with E-state index in [0.717, 1.165) is 16.1 Å². The molecule has 4 aromatic rings. The first-order valence-corrected chi connectivity index (χ1v) is 15.5. The molecule has 42 heavy (non-hydrogen) atoms. The van der Waals surface area contributed by atoms with E-state index in [4.69, 9.17) is 16.3 Å². The Hall–Kier alpha value is -4.34. The molecule has 2 amide bonds. The lowest BCUT2D eigenvalue weighted by Crippen LogP contribution is -2.52. The Kier molecular flexibility index (Phi) is 10.2. The third kappa shape index (κ3) is 8.34. The zero-order valence-electron chi connectivity index (χ0n) is 23.3. The minimum Gasteiger partial charge on any atom is -0.457 e. The van der Waals surface area contributed by atoms with Crippen LogP contribution < -0.4 is 14.4 Å². The molecule has 0 heterocycles. The van der Waals surface area contributed by atoms with E-state index in [-0.39, 0.29) is 24.6 Å². The Labute approximate surface area is 251 Å². The van der Waals surface area contributed by atoms with Crippen molar-refractivity contribution in [3.63, 3.8) is 0 Å². The summed E-state index contributed by atoms with van der Waals surface area (Å²) in [5.74, 6) is 0.225. The number of benzene rings is 4. The second kappa shape index (κ2) is 14.0. The van der Waals surface area contributed by atoms with Crippen LogP contribution >= 0.6 is 11.6 Å². The van der Waals surface area contributed by atoms with Gasteiger partial charge in [0.15, 0.2) is 0 Å². The van der Waals surface area contributed by atoms with Gasteiger partial charge in [-0.25, -0.2) is 8.42 Å². The number of halogens is 1. The third-order valence-corrected chi connectivity index (χ3v) is 7.92. The average Bonchev–Trinajstić information content (AvgIpc) is 2.98. The smallest absolute Gasteiger partial charge is 0.244 e. The van der Waals surface area contributed by atoms with Gasteiger partial charge < -0.3 is 15.0 Å². The molecule has 0 unspecified atom stereocenters. The maximum absolute atomic E-state index is 14.0. The number of likely N-dealkylation sites (N-methyl/N-ethyl adjacent to an activating group) is 1. The predicted octanol–water partition coefficient (Wildman–Crippen LogP) is 5.28. The SMILES string of the molecule is CNC(=O)[C@H](Cc1ccccc1)N(Cc1cccc(Cl)c1)C(=O)CN(c1ccc(Oc2ccccc2)cc1)S(C)(=O)=O. The fourth-order valence-electron chi connectivity index (χ4n) is 4.47. The van der Waals surface area contributed by atoms with Crippen molar-refractivity contribution in [3.05, 3.63) is 125 Å². The van der Waals surface area contributed by atoms with E-state index < -0.39 is 28.5 Å². The van der Waals surface area contributed by atoms with Crippen molar-refractivity contribution in [2.75, 3.05) is 24.2 Å². The topological polar surface area (TPSA) is 96.0 Å². The summed E-state index contributed by atoms with van der Waals surface area (Å²) in [5, 5.41) is 3.14. The van der Waals surface area contributed by atoms with Gasteiger partial charge in [0.2, 0.25) is 21.8 Å². The van der Waals surface area contributed by atoms with E-state index in [1.807, 2.05) is 60.7 Å². The molecule has 0 aliphatic heterocycles. The lowest BCUT2D eigenvalue weighted by molar-refractivity contribution is -0.139. The van der Waals surface area contributed by atoms with Crippen molar-refractivity contribution >= 4 is 39.1 Å². The quantitative estimate of drug-likeness (QED) is 0.237. The van der Waals surface area contributed by atoms with Gasteiger partial charge in [-0.05, 0) is 59.7 Å². The average molecular weight is 606 g/mol. The van der Waals surface area contributed by atoms with Crippen LogP contribution in [-0.4, -0.2) is 51.0 Å². The van der Waals surface area contributed by atoms with Crippen molar-refractivity contribution in [2.45, 2.75) is 19.0 Å². The number of para-hydroxylation sites is 1. The van der Waals surface area contributed by atoms with Crippen molar-refractivity contribution in [2.24, 2.45) is 0 Å². The van der Waals surface area contributed by atoms with Gasteiger partial charge in [0, 0.05) is 25.0 Å². The summed E-state index contributed by atoms with van der Waals surface area (Å²) in [4.78, 5) is 28.6. The number of nitrogens with one attached hydrogen (secondary N) is 1. The van der Waals surface area contributed by atoms with Gasteiger partial charge >= 0.3 is 0 Å². The van der Waals surface area contributed by atoms with Crippen LogP contribution in [-0.2, 0) is 32.6 Å². The number of carbonyl (C=O) groups excluding carboxylic acids is 2. The lowest BCUT2D eigenvalue weighted by Gasteiger charge is -2.33. The fraction of sp³-hybridized carbons (Fsp3) is 0.188. The van der Waals surface area contributed by atoms with Gasteiger partial charge in [-0.15, -0.1) is 0 Å². The molecule has 10 heteroatoms. The van der Waals surface area contributed by atoms with E-state index in [0.29, 0.717) is 22.1 Å². The second-order valence-corrected chi connectivity index (χ2v) is 12.0. The molecule has 8 nitrogen and oxygen atoms in total. The third-order valence-electron chi connectivity index (χ3n) is 6.54. The highest BCUT2D eigenvalue weighted by molar-refractivity contribution is 7.92. The number of sulfonamides is 1. The summed E-state index contributed by atoms with van der Waals surface area (Å²) in [6.07, 6.45) is 1.27. The van der Waals surface area contributed by atoms with Crippen LogP contribution in [0.5, 0.6) is 11.5 Å². The number of amides is 2. The number of rotatable bonds is 12. The summed E-state index contributed by atoms with van der Waals surface area (Å²) in [6.45, 7) is -0.466. The zero-order valence-corrected chi connectivity index (χ0v) is 24.9. The minimum absolute atomic E-state index is 0.0474. The molecule has 0 spiro atoms. The van der Waals surface area contributed by atoms with Crippen molar-refractivity contribution in [1.82, 2.24) is 10.2 Å². The highest BCUT2D eigenvalue weighted by Gasteiger charge is 2.32. The Morgan fingerprint density at radius 3 is 2.02 bits per heavy atom. The van der Waals surface area contributed by atoms with Crippen molar-refractivity contribution in [1.29, 1.82) is 0 Å². The van der Waals surface area contributed by atoms with Gasteiger partial charge in [0.25, 0.3) is 0 Å². The summed E-state index contributed by atoms with van der Waals surface area (Å²) in [7, 11) is -2.38. The Bertz CT molecular complexity index is 1600. The number of nitrogens with zero attached hydrogens (tertiary/aromatic N) is 2. The summed E-state index contributed by atoms with van der Waals surface area (Å²) in [6, 6.07) is 31.0. The first-order valence-electron chi connectivity index (χ1n) is 13.2. The molecule has 218 valence electrons. The Morgan fingerprint density at radius 2 is 1.43 bits per heavy atom. The molecule has 4 rings (SSSR count). The van der Waals surface area contributed by atoms with E-state index >= 15 is 0 Å². The van der Waals surface area contributed by atoms with Crippen LogP contribution in [0.3, 0.4) is 0 Å². The van der Waals surface area contributed by atoms with Gasteiger partial charge in [-0.1, -0.05) is 72.3 Å². The molecule has 0 aromatic heterocycles. The van der Waals surface area contributed by atoms with Gasteiger partial charge in [0.05, 0.1) is 11.9 Å². The lowest BCUT2D eigenvalue weighted by atomic mass is 10.0. The largest absolute Gasteiger partial charge is 0.457 e. The molecular weight excluding hydrogens is 574 g/mol. The van der Waals surface area contributed by atoms with Gasteiger partial charge in [-0.2, -0.15) is 0 Å². The van der Waals surface area contributed by atoms with Crippen LogP contribution in [0, 0.1) is 0 Å². The van der Waals surface area contributed by atoms with Crippen molar-refractivity contribution < 1.29 is 22.7 Å². The Balaban J connectivity index is 1.65. The number of anilines is 1. The second-order valence-electron chi connectivity index (χ2n) is 9.65. The van der Waals surface area contributed by atoms with Crippen LogP contribution in [0.15, 0.2) is 109 Å². The molecule has 1 N–H and O–H groups in total. The molecule has 0 radical (unpaired) electrons. The van der Waals surface area contributed by atoms with Crippen molar-refractivity contribution in [3.8, 4) is 11.5 Å². The maximum Gasteiger partial charge on any atom is 0.244 e. The van der Waals surface area contributed by atoms with Gasteiger partial charge in [-0.3, -0.25) is 13.9 Å². The first-order chi connectivity index (χ1) is 20.1.